The van der Waals surface area contributed by atoms with E-state index in [4.69, 9.17) is 9.47 Å². The summed E-state index contributed by atoms with van der Waals surface area (Å²) in [4.78, 5) is 14.9. The smallest absolute Gasteiger partial charge is 0.254 e. The van der Waals surface area contributed by atoms with Gasteiger partial charge >= 0.3 is 0 Å². The van der Waals surface area contributed by atoms with Gasteiger partial charge in [-0.2, -0.15) is 0 Å². The van der Waals surface area contributed by atoms with E-state index < -0.39 is 5.60 Å². The molecule has 0 spiro atoms. The molecule has 1 N–H and O–H groups in total. The van der Waals surface area contributed by atoms with E-state index in [1.54, 1.807) is 25.3 Å². The summed E-state index contributed by atoms with van der Waals surface area (Å²) >= 11 is 0. The predicted octanol–water partition coefficient (Wildman–Crippen LogP) is 3.50. The van der Waals surface area contributed by atoms with E-state index in [0.29, 0.717) is 29.5 Å². The Hall–Kier alpha value is -1.75. The zero-order valence-corrected chi connectivity index (χ0v) is 16.3. The van der Waals surface area contributed by atoms with Gasteiger partial charge < -0.3 is 19.5 Å². The third-order valence-corrected chi connectivity index (χ3v) is 5.99. The summed E-state index contributed by atoms with van der Waals surface area (Å²) in [6.45, 7) is 7.34. The van der Waals surface area contributed by atoms with Gasteiger partial charge in [0.05, 0.1) is 18.8 Å². The van der Waals surface area contributed by atoms with Crippen LogP contribution in [0.15, 0.2) is 18.2 Å². The molecular formula is C21H31NO4. The molecule has 1 aromatic rings. The minimum absolute atomic E-state index is 0.00671. The lowest BCUT2D eigenvalue weighted by Gasteiger charge is -2.40. The van der Waals surface area contributed by atoms with Gasteiger partial charge in [0.2, 0.25) is 0 Å². The Kier molecular flexibility index (Phi) is 5.47. The fourth-order valence-electron chi connectivity index (χ4n) is 4.57. The van der Waals surface area contributed by atoms with E-state index in [2.05, 4.69) is 0 Å². The van der Waals surface area contributed by atoms with Gasteiger partial charge in [-0.05, 0) is 57.2 Å². The molecule has 0 bridgehead atoms. The molecule has 5 heteroatoms. The Bertz CT molecular complexity index is 659. The predicted molar refractivity (Wildman–Crippen MR) is 101 cm³/mol. The molecule has 1 heterocycles. The molecule has 1 aliphatic carbocycles. The number of carbonyl (C=O) groups excluding carboxylic acids is 1. The molecule has 1 saturated heterocycles. The topological polar surface area (TPSA) is 59.0 Å². The van der Waals surface area contributed by atoms with Gasteiger partial charge in [-0.3, -0.25) is 4.79 Å². The standard InChI is InChI=1S/C21H31NO4/c1-5-21(24)10-6-7-16-12-22(13-17(16)21)20(23)15-8-9-18(26-14(2)3)19(11-15)25-4/h8-9,11,14,16-17,24H,5-7,10,12-13H2,1-4H3/t16-,17+,21-/m1/s1. The first-order valence-corrected chi connectivity index (χ1v) is 9.74. The van der Waals surface area contributed by atoms with Gasteiger partial charge in [-0.15, -0.1) is 0 Å². The third-order valence-electron chi connectivity index (χ3n) is 5.99. The average molecular weight is 361 g/mol. The molecule has 3 atom stereocenters. The molecule has 0 radical (unpaired) electrons. The lowest BCUT2D eigenvalue weighted by Crippen LogP contribution is -2.44. The molecule has 3 rings (SSSR count). The Morgan fingerprint density at radius 3 is 2.77 bits per heavy atom. The Morgan fingerprint density at radius 1 is 1.35 bits per heavy atom. The summed E-state index contributed by atoms with van der Waals surface area (Å²) in [5, 5.41) is 10.9. The number of carbonyl (C=O) groups is 1. The van der Waals surface area contributed by atoms with Crippen molar-refractivity contribution < 1.29 is 19.4 Å². The van der Waals surface area contributed by atoms with E-state index >= 15 is 0 Å². The van der Waals surface area contributed by atoms with Crippen LogP contribution in [-0.4, -0.2) is 47.8 Å². The van der Waals surface area contributed by atoms with E-state index in [0.717, 1.165) is 32.2 Å². The van der Waals surface area contributed by atoms with E-state index in [1.807, 2.05) is 25.7 Å². The quantitative estimate of drug-likeness (QED) is 0.872. The Morgan fingerprint density at radius 2 is 2.12 bits per heavy atom. The largest absolute Gasteiger partial charge is 0.493 e. The van der Waals surface area contributed by atoms with Gasteiger partial charge in [0.15, 0.2) is 11.5 Å². The zero-order valence-electron chi connectivity index (χ0n) is 16.3. The van der Waals surface area contributed by atoms with Crippen LogP contribution in [0, 0.1) is 11.8 Å². The van der Waals surface area contributed by atoms with Crippen LogP contribution in [0.2, 0.25) is 0 Å². The number of likely N-dealkylation sites (tertiary alicyclic amines) is 1. The normalized spacial score (nSPS) is 28.2. The van der Waals surface area contributed by atoms with Crippen molar-refractivity contribution in [2.24, 2.45) is 11.8 Å². The highest BCUT2D eigenvalue weighted by Crippen LogP contribution is 2.44. The summed E-state index contributed by atoms with van der Waals surface area (Å²) in [5.41, 5.74) is -0.0124. The van der Waals surface area contributed by atoms with E-state index in [1.165, 1.54) is 0 Å². The molecule has 5 nitrogen and oxygen atoms in total. The molecule has 26 heavy (non-hydrogen) atoms. The van der Waals surface area contributed by atoms with Crippen LogP contribution in [0.5, 0.6) is 11.5 Å². The summed E-state index contributed by atoms with van der Waals surface area (Å²) in [6, 6.07) is 5.36. The van der Waals surface area contributed by atoms with Crippen LogP contribution in [-0.2, 0) is 0 Å². The molecule has 1 amide bonds. The number of aliphatic hydroxyl groups is 1. The monoisotopic (exact) mass is 361 g/mol. The molecule has 2 fully saturated rings. The van der Waals surface area contributed by atoms with E-state index in [-0.39, 0.29) is 17.9 Å². The lowest BCUT2D eigenvalue weighted by atomic mass is 9.69. The molecule has 1 saturated carbocycles. The highest BCUT2D eigenvalue weighted by atomic mass is 16.5. The number of nitrogens with zero attached hydrogens (tertiary/aromatic N) is 1. The number of benzene rings is 1. The van der Waals surface area contributed by atoms with Gasteiger partial charge in [0, 0.05) is 24.6 Å². The van der Waals surface area contributed by atoms with Gasteiger partial charge in [0.25, 0.3) is 5.91 Å². The summed E-state index contributed by atoms with van der Waals surface area (Å²) in [7, 11) is 1.59. The Labute approximate surface area is 156 Å². The van der Waals surface area contributed by atoms with Crippen molar-refractivity contribution in [2.45, 2.75) is 58.2 Å². The number of hydrogen-bond acceptors (Lipinski definition) is 4. The zero-order chi connectivity index (χ0) is 18.9. The lowest BCUT2D eigenvalue weighted by molar-refractivity contribution is -0.0609. The highest BCUT2D eigenvalue weighted by Gasteiger charge is 2.48. The maximum absolute atomic E-state index is 13.0. The van der Waals surface area contributed by atoms with Gasteiger partial charge in [0.1, 0.15) is 0 Å². The maximum atomic E-state index is 13.0. The number of methoxy groups -OCH3 is 1. The first kappa shape index (κ1) is 19.0. The van der Waals surface area contributed by atoms with Gasteiger partial charge in [-0.1, -0.05) is 13.3 Å². The number of ether oxygens (including phenoxy) is 2. The van der Waals surface area contributed by atoms with Crippen LogP contribution >= 0.6 is 0 Å². The number of rotatable bonds is 5. The number of fused-ring (bicyclic) bond motifs is 1. The average Bonchev–Trinajstić information content (AvgIpc) is 3.07. The number of hydrogen-bond donors (Lipinski definition) is 1. The summed E-state index contributed by atoms with van der Waals surface area (Å²) in [6.07, 6.45) is 3.79. The van der Waals surface area contributed by atoms with Crippen molar-refractivity contribution in [1.82, 2.24) is 4.90 Å². The summed E-state index contributed by atoms with van der Waals surface area (Å²) < 4.78 is 11.1. The van der Waals surface area contributed by atoms with Crippen molar-refractivity contribution in [1.29, 1.82) is 0 Å². The second-order valence-corrected chi connectivity index (χ2v) is 7.96. The fourth-order valence-corrected chi connectivity index (χ4v) is 4.57. The van der Waals surface area contributed by atoms with Crippen LogP contribution in [0.4, 0.5) is 0 Å². The minimum Gasteiger partial charge on any atom is -0.493 e. The van der Waals surface area contributed by atoms with Crippen LogP contribution in [0.3, 0.4) is 0 Å². The summed E-state index contributed by atoms with van der Waals surface area (Å²) in [5.74, 6) is 1.83. The van der Waals surface area contributed by atoms with Crippen LogP contribution in [0.1, 0.15) is 56.8 Å². The first-order valence-electron chi connectivity index (χ1n) is 9.74. The Balaban J connectivity index is 1.78. The molecule has 1 aliphatic heterocycles. The maximum Gasteiger partial charge on any atom is 0.254 e. The SMILES string of the molecule is CC[C@@]1(O)CCC[C@@H]2CN(C(=O)c3ccc(OC(C)C)c(OC)c3)C[C@@H]21. The molecular weight excluding hydrogens is 330 g/mol. The van der Waals surface area contributed by atoms with Crippen molar-refractivity contribution >= 4 is 5.91 Å². The van der Waals surface area contributed by atoms with Crippen molar-refractivity contribution in [3.8, 4) is 11.5 Å². The molecule has 1 aromatic carbocycles. The molecule has 144 valence electrons. The molecule has 0 unspecified atom stereocenters. The fraction of sp³-hybridized carbons (Fsp3) is 0.667. The minimum atomic E-state index is -0.620. The van der Waals surface area contributed by atoms with E-state index in [9.17, 15) is 9.90 Å². The molecule has 2 aliphatic rings. The first-order chi connectivity index (χ1) is 12.4. The van der Waals surface area contributed by atoms with Crippen molar-refractivity contribution in [3.63, 3.8) is 0 Å². The van der Waals surface area contributed by atoms with Gasteiger partial charge in [-0.25, -0.2) is 0 Å². The van der Waals surface area contributed by atoms with Crippen LogP contribution < -0.4 is 9.47 Å². The second-order valence-electron chi connectivity index (χ2n) is 7.96. The van der Waals surface area contributed by atoms with Crippen molar-refractivity contribution in [3.05, 3.63) is 23.8 Å². The second kappa shape index (κ2) is 7.47. The number of amides is 1. The van der Waals surface area contributed by atoms with Crippen molar-refractivity contribution in [2.75, 3.05) is 20.2 Å². The van der Waals surface area contributed by atoms with Crippen LogP contribution in [0.25, 0.3) is 0 Å². The molecule has 0 aromatic heterocycles. The third kappa shape index (κ3) is 3.54. The highest BCUT2D eigenvalue weighted by molar-refractivity contribution is 5.95.